The van der Waals surface area contributed by atoms with Crippen LogP contribution in [0.3, 0.4) is 0 Å². The summed E-state index contributed by atoms with van der Waals surface area (Å²) in [6.07, 6.45) is 6.78. The van der Waals surface area contributed by atoms with Crippen LogP contribution in [0.4, 0.5) is 0 Å². The summed E-state index contributed by atoms with van der Waals surface area (Å²) >= 11 is 1.81. The first-order valence-electron chi connectivity index (χ1n) is 7.87. The molecule has 1 N–H and O–H groups in total. The Kier molecular flexibility index (Phi) is 6.30. The lowest BCUT2D eigenvalue weighted by atomic mass is 10.00. The summed E-state index contributed by atoms with van der Waals surface area (Å²) in [6, 6.07) is 2.65. The number of aryl methyl sites for hydroxylation is 2. The van der Waals surface area contributed by atoms with E-state index in [0.717, 1.165) is 34.8 Å². The van der Waals surface area contributed by atoms with E-state index < -0.39 is 0 Å². The topological polar surface area (TPSA) is 37.8 Å². The van der Waals surface area contributed by atoms with Gasteiger partial charge in [0.25, 0.3) is 0 Å². The molecule has 1 saturated carbocycles. The van der Waals surface area contributed by atoms with Crippen LogP contribution in [-0.2, 0) is 0 Å². The Morgan fingerprint density at radius 1 is 1.25 bits per heavy atom. The predicted molar refractivity (Wildman–Crippen MR) is 86.3 cm³/mol. The molecule has 1 atom stereocenters. The van der Waals surface area contributed by atoms with Crippen LogP contribution in [0.2, 0.25) is 0 Å². The molecule has 1 aromatic heterocycles. The van der Waals surface area contributed by atoms with Gasteiger partial charge in [0.15, 0.2) is 5.16 Å². The first-order valence-corrected chi connectivity index (χ1v) is 8.86. The second-order valence-corrected chi connectivity index (χ2v) is 6.84. The SMILES string of the molecule is CCCNC(CSc1nc(C)cc(C)n1)C1CCCC1. The molecule has 0 aliphatic heterocycles. The van der Waals surface area contributed by atoms with Crippen molar-refractivity contribution in [2.45, 2.75) is 64.1 Å². The molecule has 20 heavy (non-hydrogen) atoms. The molecule has 1 aliphatic carbocycles. The van der Waals surface area contributed by atoms with Gasteiger partial charge in [0.05, 0.1) is 0 Å². The quantitative estimate of drug-likeness (QED) is 0.614. The van der Waals surface area contributed by atoms with Gasteiger partial charge < -0.3 is 5.32 Å². The lowest BCUT2D eigenvalue weighted by molar-refractivity contribution is 0.387. The maximum absolute atomic E-state index is 4.54. The lowest BCUT2D eigenvalue weighted by Gasteiger charge is -2.24. The molecule has 0 saturated heterocycles. The minimum atomic E-state index is 0.617. The van der Waals surface area contributed by atoms with E-state index in [-0.39, 0.29) is 0 Å². The molecule has 0 amide bonds. The van der Waals surface area contributed by atoms with Crippen molar-refractivity contribution in [1.82, 2.24) is 15.3 Å². The van der Waals surface area contributed by atoms with Crippen LogP contribution >= 0.6 is 11.8 Å². The van der Waals surface area contributed by atoms with Crippen LogP contribution in [0.1, 0.15) is 50.4 Å². The molecule has 0 aromatic carbocycles. The second kappa shape index (κ2) is 7.99. The first-order chi connectivity index (χ1) is 9.69. The molecule has 0 spiro atoms. The summed E-state index contributed by atoms with van der Waals surface area (Å²) in [5.41, 5.74) is 2.14. The Balaban J connectivity index is 1.92. The van der Waals surface area contributed by atoms with Gasteiger partial charge in [-0.15, -0.1) is 0 Å². The highest BCUT2D eigenvalue weighted by molar-refractivity contribution is 7.99. The van der Waals surface area contributed by atoms with Crippen molar-refractivity contribution in [1.29, 1.82) is 0 Å². The smallest absolute Gasteiger partial charge is 0.188 e. The third-order valence-corrected chi connectivity index (χ3v) is 4.95. The summed E-state index contributed by atoms with van der Waals surface area (Å²) in [4.78, 5) is 9.07. The Morgan fingerprint density at radius 2 is 1.90 bits per heavy atom. The minimum absolute atomic E-state index is 0.617. The fourth-order valence-electron chi connectivity index (χ4n) is 2.97. The number of nitrogens with zero attached hydrogens (tertiary/aromatic N) is 2. The largest absolute Gasteiger partial charge is 0.313 e. The predicted octanol–water partition coefficient (Wildman–Crippen LogP) is 3.74. The molecule has 1 aliphatic rings. The van der Waals surface area contributed by atoms with Gasteiger partial charge in [0.2, 0.25) is 0 Å². The molecule has 0 radical (unpaired) electrons. The Hall–Kier alpha value is -0.610. The molecule has 2 rings (SSSR count). The average molecular weight is 293 g/mol. The highest BCUT2D eigenvalue weighted by atomic mass is 32.2. The molecule has 1 aromatic rings. The van der Waals surface area contributed by atoms with Crippen molar-refractivity contribution >= 4 is 11.8 Å². The lowest BCUT2D eigenvalue weighted by Crippen LogP contribution is -2.37. The van der Waals surface area contributed by atoms with Crippen LogP contribution in [0.25, 0.3) is 0 Å². The monoisotopic (exact) mass is 293 g/mol. The van der Waals surface area contributed by atoms with E-state index in [0.29, 0.717) is 6.04 Å². The molecule has 1 fully saturated rings. The van der Waals surface area contributed by atoms with Gasteiger partial charge in [0, 0.05) is 23.2 Å². The van der Waals surface area contributed by atoms with Crippen LogP contribution in [0.5, 0.6) is 0 Å². The van der Waals surface area contributed by atoms with Crippen molar-refractivity contribution in [2.24, 2.45) is 5.92 Å². The molecule has 112 valence electrons. The summed E-state index contributed by atoms with van der Waals surface area (Å²) in [7, 11) is 0. The number of nitrogens with one attached hydrogen (secondary N) is 1. The maximum atomic E-state index is 4.54. The summed E-state index contributed by atoms with van der Waals surface area (Å²) in [5, 5.41) is 4.67. The van der Waals surface area contributed by atoms with Crippen molar-refractivity contribution in [2.75, 3.05) is 12.3 Å². The van der Waals surface area contributed by atoms with Gasteiger partial charge in [-0.3, -0.25) is 0 Å². The first kappa shape index (κ1) is 15.8. The zero-order valence-corrected chi connectivity index (χ0v) is 13.8. The van der Waals surface area contributed by atoms with E-state index in [9.17, 15) is 0 Å². The van der Waals surface area contributed by atoms with Crippen molar-refractivity contribution in [3.05, 3.63) is 17.5 Å². The Bertz CT molecular complexity index is 396. The van der Waals surface area contributed by atoms with Crippen LogP contribution in [0, 0.1) is 19.8 Å². The second-order valence-electron chi connectivity index (χ2n) is 5.85. The molecule has 1 heterocycles. The van der Waals surface area contributed by atoms with Gasteiger partial charge in [-0.05, 0) is 51.6 Å². The van der Waals surface area contributed by atoms with Gasteiger partial charge in [0.1, 0.15) is 0 Å². The summed E-state index contributed by atoms with van der Waals surface area (Å²) in [5.74, 6) is 1.94. The standard InChI is InChI=1S/C16H27N3S/c1-4-9-17-15(14-7-5-6-8-14)11-20-16-18-12(2)10-13(3)19-16/h10,14-15,17H,4-9,11H2,1-3H3. The average Bonchev–Trinajstić information content (AvgIpc) is 2.91. The maximum Gasteiger partial charge on any atom is 0.188 e. The van der Waals surface area contributed by atoms with Gasteiger partial charge in [-0.1, -0.05) is 31.5 Å². The van der Waals surface area contributed by atoms with Crippen molar-refractivity contribution in [3.8, 4) is 0 Å². The van der Waals surface area contributed by atoms with E-state index in [4.69, 9.17) is 0 Å². The molecule has 3 nitrogen and oxygen atoms in total. The Morgan fingerprint density at radius 3 is 2.50 bits per heavy atom. The number of aromatic nitrogens is 2. The van der Waals surface area contributed by atoms with Crippen LogP contribution in [0.15, 0.2) is 11.2 Å². The van der Waals surface area contributed by atoms with E-state index in [1.165, 1.54) is 32.1 Å². The minimum Gasteiger partial charge on any atom is -0.313 e. The number of hydrogen-bond acceptors (Lipinski definition) is 4. The fraction of sp³-hybridized carbons (Fsp3) is 0.750. The fourth-order valence-corrected chi connectivity index (χ4v) is 4.11. The van der Waals surface area contributed by atoms with E-state index in [2.05, 4.69) is 22.2 Å². The third kappa shape index (κ3) is 4.74. The van der Waals surface area contributed by atoms with E-state index in [1.807, 2.05) is 31.7 Å². The summed E-state index contributed by atoms with van der Waals surface area (Å²) < 4.78 is 0. The van der Waals surface area contributed by atoms with Crippen LogP contribution in [-0.4, -0.2) is 28.3 Å². The molecular formula is C16H27N3S. The summed E-state index contributed by atoms with van der Waals surface area (Å²) in [6.45, 7) is 7.44. The van der Waals surface area contributed by atoms with Crippen molar-refractivity contribution in [3.63, 3.8) is 0 Å². The Labute approximate surface area is 127 Å². The number of rotatable bonds is 7. The molecule has 1 unspecified atom stereocenters. The normalized spacial score (nSPS) is 17.6. The van der Waals surface area contributed by atoms with E-state index >= 15 is 0 Å². The zero-order chi connectivity index (χ0) is 14.4. The molecular weight excluding hydrogens is 266 g/mol. The van der Waals surface area contributed by atoms with E-state index in [1.54, 1.807) is 0 Å². The molecule has 4 heteroatoms. The highest BCUT2D eigenvalue weighted by Crippen LogP contribution is 2.30. The van der Waals surface area contributed by atoms with Gasteiger partial charge in [-0.2, -0.15) is 0 Å². The van der Waals surface area contributed by atoms with Gasteiger partial charge in [-0.25, -0.2) is 9.97 Å². The highest BCUT2D eigenvalue weighted by Gasteiger charge is 2.24. The molecule has 0 bridgehead atoms. The number of thioether (sulfide) groups is 1. The van der Waals surface area contributed by atoms with Gasteiger partial charge >= 0.3 is 0 Å². The number of hydrogen-bond donors (Lipinski definition) is 1. The van der Waals surface area contributed by atoms with Crippen molar-refractivity contribution < 1.29 is 0 Å². The van der Waals surface area contributed by atoms with Crippen LogP contribution < -0.4 is 5.32 Å². The zero-order valence-electron chi connectivity index (χ0n) is 13.0. The third-order valence-electron chi connectivity index (χ3n) is 3.98.